The van der Waals surface area contributed by atoms with Crippen LogP contribution in [-0.2, 0) is 17.8 Å². The molecule has 160 valence electrons. The minimum absolute atomic E-state index is 0.135. The lowest BCUT2D eigenvalue weighted by atomic mass is 9.93. The second-order valence-corrected chi connectivity index (χ2v) is 7.90. The van der Waals surface area contributed by atoms with Crippen molar-refractivity contribution in [3.8, 4) is 5.75 Å². The van der Waals surface area contributed by atoms with Gasteiger partial charge in [0, 0.05) is 25.0 Å². The molecule has 0 fully saturated rings. The van der Waals surface area contributed by atoms with E-state index in [1.165, 1.54) is 6.26 Å². The van der Waals surface area contributed by atoms with E-state index < -0.39 is 6.04 Å². The van der Waals surface area contributed by atoms with Crippen LogP contribution < -0.4 is 4.74 Å². The Morgan fingerprint density at radius 2 is 1.94 bits per heavy atom. The van der Waals surface area contributed by atoms with Crippen molar-refractivity contribution in [3.63, 3.8) is 0 Å². The van der Waals surface area contributed by atoms with Crippen molar-refractivity contribution in [2.24, 2.45) is 0 Å². The molecule has 4 rings (SSSR count). The third kappa shape index (κ3) is 4.75. The number of halogens is 1. The molecule has 0 aliphatic carbocycles. The Kier molecular flexibility index (Phi) is 6.28. The first-order valence-corrected chi connectivity index (χ1v) is 10.5. The number of hydrogen-bond acceptors (Lipinski definition) is 4. The molecule has 3 aromatic rings. The van der Waals surface area contributed by atoms with E-state index in [0.29, 0.717) is 36.9 Å². The van der Waals surface area contributed by atoms with E-state index in [9.17, 15) is 9.59 Å². The van der Waals surface area contributed by atoms with Gasteiger partial charge in [-0.1, -0.05) is 41.9 Å². The van der Waals surface area contributed by atoms with Gasteiger partial charge in [-0.05, 0) is 41.5 Å². The van der Waals surface area contributed by atoms with E-state index in [2.05, 4.69) is 0 Å². The third-order valence-electron chi connectivity index (χ3n) is 5.39. The number of fused-ring (bicyclic) bond motifs is 1. The Morgan fingerprint density at radius 3 is 2.68 bits per heavy atom. The first kappa shape index (κ1) is 21.0. The average molecular weight is 439 g/mol. The molecule has 6 nitrogen and oxygen atoms in total. The van der Waals surface area contributed by atoms with Gasteiger partial charge in [0.25, 0.3) is 5.91 Å². The van der Waals surface area contributed by atoms with Gasteiger partial charge in [-0.15, -0.1) is 0 Å². The number of carbonyl (C=O) groups is 2. The number of rotatable bonds is 6. The normalized spacial score (nSPS) is 15.3. The minimum atomic E-state index is -0.608. The summed E-state index contributed by atoms with van der Waals surface area (Å²) in [5.41, 5.74) is 2.12. The van der Waals surface area contributed by atoms with Crippen molar-refractivity contribution in [1.82, 2.24) is 9.80 Å². The fourth-order valence-electron chi connectivity index (χ4n) is 3.72. The Morgan fingerprint density at radius 1 is 1.13 bits per heavy atom. The van der Waals surface area contributed by atoms with Gasteiger partial charge >= 0.3 is 0 Å². The first-order valence-electron chi connectivity index (χ1n) is 10.1. The number of benzene rings is 2. The molecular weight excluding hydrogens is 416 g/mol. The molecule has 1 aromatic heterocycles. The lowest BCUT2D eigenvalue weighted by Crippen LogP contribution is -2.53. The van der Waals surface area contributed by atoms with Crippen molar-refractivity contribution < 1.29 is 18.7 Å². The van der Waals surface area contributed by atoms with Gasteiger partial charge in [-0.25, -0.2) is 0 Å². The standard InChI is InChI=1S/C24H23ClN2O4/c1-26(11-13-30-20-9-4-8-19(25)15-20)23(28)21-14-17-6-2-3-7-18(17)16-27(21)24(29)22-10-5-12-31-22/h2-10,12,15,21H,11,13-14,16H2,1H3. The summed E-state index contributed by atoms with van der Waals surface area (Å²) in [4.78, 5) is 29.6. The van der Waals surface area contributed by atoms with E-state index in [-0.39, 0.29) is 17.6 Å². The molecule has 1 aliphatic heterocycles. The van der Waals surface area contributed by atoms with Gasteiger partial charge in [-0.3, -0.25) is 9.59 Å². The molecule has 2 aromatic carbocycles. The second-order valence-electron chi connectivity index (χ2n) is 7.46. The van der Waals surface area contributed by atoms with Crippen LogP contribution in [-0.4, -0.2) is 47.9 Å². The smallest absolute Gasteiger partial charge is 0.290 e. The van der Waals surface area contributed by atoms with Crippen molar-refractivity contribution in [3.05, 3.63) is 88.8 Å². The van der Waals surface area contributed by atoms with Crippen molar-refractivity contribution in [2.75, 3.05) is 20.2 Å². The zero-order valence-electron chi connectivity index (χ0n) is 17.2. The summed E-state index contributed by atoms with van der Waals surface area (Å²) in [7, 11) is 1.72. The number of likely N-dealkylation sites (N-methyl/N-ethyl adjacent to an activating group) is 1. The highest BCUT2D eigenvalue weighted by Crippen LogP contribution is 2.26. The van der Waals surface area contributed by atoms with Gasteiger partial charge < -0.3 is 19.0 Å². The third-order valence-corrected chi connectivity index (χ3v) is 5.63. The molecule has 2 amide bonds. The monoisotopic (exact) mass is 438 g/mol. The molecule has 0 radical (unpaired) electrons. The summed E-state index contributed by atoms with van der Waals surface area (Å²) in [6, 6.07) is 17.7. The van der Waals surface area contributed by atoms with Gasteiger partial charge in [0.15, 0.2) is 5.76 Å². The van der Waals surface area contributed by atoms with Crippen LogP contribution in [0, 0.1) is 0 Å². The zero-order chi connectivity index (χ0) is 21.8. The van der Waals surface area contributed by atoms with Crippen LogP contribution in [0.1, 0.15) is 21.7 Å². The topological polar surface area (TPSA) is 63.0 Å². The molecule has 0 spiro atoms. The van der Waals surface area contributed by atoms with Crippen LogP contribution in [0.2, 0.25) is 5.02 Å². The molecule has 1 unspecified atom stereocenters. The van der Waals surface area contributed by atoms with Crippen molar-refractivity contribution in [1.29, 1.82) is 0 Å². The molecule has 1 atom stereocenters. The molecule has 1 aliphatic rings. The van der Waals surface area contributed by atoms with Gasteiger partial charge in [0.2, 0.25) is 5.91 Å². The molecular formula is C24H23ClN2O4. The summed E-state index contributed by atoms with van der Waals surface area (Å²) in [6.07, 6.45) is 1.92. The highest BCUT2D eigenvalue weighted by atomic mass is 35.5. The first-order chi connectivity index (χ1) is 15.0. The maximum Gasteiger partial charge on any atom is 0.290 e. The Labute approximate surface area is 186 Å². The van der Waals surface area contributed by atoms with E-state index in [1.807, 2.05) is 36.4 Å². The van der Waals surface area contributed by atoms with Crippen LogP contribution in [0.5, 0.6) is 5.75 Å². The van der Waals surface area contributed by atoms with Gasteiger partial charge in [-0.2, -0.15) is 0 Å². The zero-order valence-corrected chi connectivity index (χ0v) is 17.9. The SMILES string of the molecule is CN(CCOc1cccc(Cl)c1)C(=O)C1Cc2ccccc2CN1C(=O)c1ccco1. The molecule has 7 heteroatoms. The molecule has 2 heterocycles. The summed E-state index contributed by atoms with van der Waals surface area (Å²) in [5.74, 6) is 0.448. The van der Waals surface area contributed by atoms with Crippen LogP contribution >= 0.6 is 11.6 Å². The summed E-state index contributed by atoms with van der Waals surface area (Å²) < 4.78 is 11.0. The molecule has 0 N–H and O–H groups in total. The highest BCUT2D eigenvalue weighted by molar-refractivity contribution is 6.30. The van der Waals surface area contributed by atoms with Crippen molar-refractivity contribution in [2.45, 2.75) is 19.0 Å². The molecule has 0 saturated carbocycles. The average Bonchev–Trinajstić information content (AvgIpc) is 3.32. The largest absolute Gasteiger partial charge is 0.492 e. The van der Waals surface area contributed by atoms with E-state index in [1.54, 1.807) is 41.1 Å². The number of ether oxygens (including phenoxy) is 1. The summed E-state index contributed by atoms with van der Waals surface area (Å²) in [6.45, 7) is 1.06. The Bertz CT molecular complexity index is 1070. The fourth-order valence-corrected chi connectivity index (χ4v) is 3.90. The van der Waals surface area contributed by atoms with E-state index in [0.717, 1.165) is 11.1 Å². The quantitative estimate of drug-likeness (QED) is 0.582. The van der Waals surface area contributed by atoms with Gasteiger partial charge in [0.1, 0.15) is 18.4 Å². The van der Waals surface area contributed by atoms with Crippen LogP contribution in [0.3, 0.4) is 0 Å². The summed E-state index contributed by atoms with van der Waals surface area (Å²) in [5, 5.41) is 0.592. The number of hydrogen-bond donors (Lipinski definition) is 0. The van der Waals surface area contributed by atoms with E-state index >= 15 is 0 Å². The molecule has 31 heavy (non-hydrogen) atoms. The lowest BCUT2D eigenvalue weighted by Gasteiger charge is -2.37. The van der Waals surface area contributed by atoms with E-state index in [4.69, 9.17) is 20.8 Å². The maximum atomic E-state index is 13.3. The number of carbonyl (C=O) groups excluding carboxylic acids is 2. The minimum Gasteiger partial charge on any atom is -0.492 e. The summed E-state index contributed by atoms with van der Waals surface area (Å²) >= 11 is 5.98. The van der Waals surface area contributed by atoms with Crippen LogP contribution in [0.25, 0.3) is 0 Å². The van der Waals surface area contributed by atoms with Gasteiger partial charge in [0.05, 0.1) is 12.8 Å². The Balaban J connectivity index is 1.47. The predicted molar refractivity (Wildman–Crippen MR) is 117 cm³/mol. The predicted octanol–water partition coefficient (Wildman–Crippen LogP) is 4.04. The number of furan rings is 1. The molecule has 0 saturated heterocycles. The van der Waals surface area contributed by atoms with Crippen LogP contribution in [0.15, 0.2) is 71.3 Å². The Hall–Kier alpha value is -3.25. The number of nitrogens with zero attached hydrogens (tertiary/aromatic N) is 2. The van der Waals surface area contributed by atoms with Crippen LogP contribution in [0.4, 0.5) is 0 Å². The fraction of sp³-hybridized carbons (Fsp3) is 0.250. The second kappa shape index (κ2) is 9.27. The van der Waals surface area contributed by atoms with Crippen molar-refractivity contribution >= 4 is 23.4 Å². The highest BCUT2D eigenvalue weighted by Gasteiger charge is 2.37. The lowest BCUT2D eigenvalue weighted by molar-refractivity contribution is -0.135. The maximum absolute atomic E-state index is 13.3. The number of amides is 2. The molecule has 0 bridgehead atoms.